The maximum Gasteiger partial charge on any atom is 0.244 e. The Bertz CT molecular complexity index is 655. The molecule has 2 aromatic rings. The Hall–Kier alpha value is -1.51. The van der Waals surface area contributed by atoms with E-state index < -0.39 is 10.0 Å². The van der Waals surface area contributed by atoms with Crippen LogP contribution < -0.4 is 4.72 Å². The Morgan fingerprint density at radius 3 is 2.89 bits per heavy atom. The summed E-state index contributed by atoms with van der Waals surface area (Å²) in [4.78, 5) is 7.50. The van der Waals surface area contributed by atoms with Crippen LogP contribution in [0, 0.1) is 6.92 Å². The molecule has 96 valence electrons. The lowest BCUT2D eigenvalue weighted by molar-refractivity contribution is 0.387. The van der Waals surface area contributed by atoms with Gasteiger partial charge in [0.05, 0.1) is 11.6 Å². The van der Waals surface area contributed by atoms with E-state index in [-0.39, 0.29) is 22.3 Å². The smallest absolute Gasteiger partial charge is 0.244 e. The van der Waals surface area contributed by atoms with E-state index in [2.05, 4.69) is 19.8 Å². The monoisotopic (exact) mass is 288 g/mol. The van der Waals surface area contributed by atoms with E-state index in [1.54, 1.807) is 6.92 Å². The van der Waals surface area contributed by atoms with E-state index in [1.807, 2.05) is 0 Å². The van der Waals surface area contributed by atoms with Gasteiger partial charge in [0, 0.05) is 19.3 Å². The summed E-state index contributed by atoms with van der Waals surface area (Å²) in [6.07, 6.45) is 2.58. The van der Waals surface area contributed by atoms with Gasteiger partial charge in [-0.05, 0) is 6.07 Å². The molecule has 0 unspecified atom stereocenters. The van der Waals surface area contributed by atoms with Gasteiger partial charge in [-0.2, -0.15) is 4.98 Å². The number of pyridine rings is 1. The highest BCUT2D eigenvalue weighted by Crippen LogP contribution is 2.18. The summed E-state index contributed by atoms with van der Waals surface area (Å²) in [6.45, 7) is 1.54. The van der Waals surface area contributed by atoms with E-state index in [1.165, 1.54) is 18.5 Å². The van der Waals surface area contributed by atoms with Gasteiger partial charge in [0.15, 0.2) is 5.82 Å². The number of sulfonamides is 1. The standard InChI is InChI=1S/C9H9ClN4O3S/c1-6-13-9(14-17-6)5-12-18(15,16)8-4-11-3-2-7(8)10/h2-4,12H,5H2,1H3. The molecule has 2 rings (SSSR count). The molecule has 0 bridgehead atoms. The lowest BCUT2D eigenvalue weighted by Gasteiger charge is -2.05. The average molecular weight is 289 g/mol. The molecule has 18 heavy (non-hydrogen) atoms. The maximum atomic E-state index is 11.9. The minimum absolute atomic E-state index is 0.0785. The van der Waals surface area contributed by atoms with Crippen LogP contribution in [0.4, 0.5) is 0 Å². The zero-order valence-corrected chi connectivity index (χ0v) is 10.9. The second-order valence-corrected chi connectivity index (χ2v) is 5.50. The van der Waals surface area contributed by atoms with Gasteiger partial charge in [0.25, 0.3) is 0 Å². The maximum absolute atomic E-state index is 11.9. The largest absolute Gasteiger partial charge is 0.340 e. The molecule has 0 fully saturated rings. The van der Waals surface area contributed by atoms with Crippen molar-refractivity contribution in [3.63, 3.8) is 0 Å². The summed E-state index contributed by atoms with van der Waals surface area (Å²) in [5.74, 6) is 0.611. The van der Waals surface area contributed by atoms with Crippen molar-refractivity contribution in [1.82, 2.24) is 19.8 Å². The van der Waals surface area contributed by atoms with Crippen LogP contribution in [0.3, 0.4) is 0 Å². The van der Waals surface area contributed by atoms with Gasteiger partial charge < -0.3 is 4.52 Å². The Labute approximate surface area is 108 Å². The average Bonchev–Trinajstić information content (AvgIpc) is 2.73. The number of nitrogens with zero attached hydrogens (tertiary/aromatic N) is 3. The van der Waals surface area contributed by atoms with Crippen LogP contribution in [-0.2, 0) is 16.6 Å². The van der Waals surface area contributed by atoms with Gasteiger partial charge in [-0.1, -0.05) is 16.8 Å². The Morgan fingerprint density at radius 2 is 2.28 bits per heavy atom. The van der Waals surface area contributed by atoms with Gasteiger partial charge in [-0.3, -0.25) is 4.98 Å². The molecule has 9 heteroatoms. The Morgan fingerprint density at radius 1 is 1.50 bits per heavy atom. The summed E-state index contributed by atoms with van der Waals surface area (Å²) in [5, 5.41) is 3.67. The topological polar surface area (TPSA) is 98.0 Å². The highest BCUT2D eigenvalue weighted by atomic mass is 35.5. The van der Waals surface area contributed by atoms with Crippen LogP contribution in [0.1, 0.15) is 11.7 Å². The van der Waals surface area contributed by atoms with E-state index in [9.17, 15) is 8.42 Å². The van der Waals surface area contributed by atoms with E-state index in [4.69, 9.17) is 16.1 Å². The molecular formula is C9H9ClN4O3S. The third-order valence-electron chi connectivity index (χ3n) is 2.01. The number of hydrogen-bond donors (Lipinski definition) is 1. The van der Waals surface area contributed by atoms with Crippen LogP contribution in [0.5, 0.6) is 0 Å². The first kappa shape index (κ1) is 12.9. The molecule has 0 aliphatic rings. The molecule has 2 aromatic heterocycles. The number of halogens is 1. The SMILES string of the molecule is Cc1nc(CNS(=O)(=O)c2cnccc2Cl)no1. The molecule has 2 heterocycles. The van der Waals surface area contributed by atoms with Gasteiger partial charge in [0.1, 0.15) is 4.90 Å². The molecule has 0 atom stereocenters. The minimum atomic E-state index is -3.75. The lowest BCUT2D eigenvalue weighted by Crippen LogP contribution is -2.24. The fourth-order valence-corrected chi connectivity index (χ4v) is 2.62. The zero-order chi connectivity index (χ0) is 13.2. The van der Waals surface area contributed by atoms with Gasteiger partial charge >= 0.3 is 0 Å². The molecule has 0 aliphatic heterocycles. The summed E-state index contributed by atoms with van der Waals surface area (Å²) in [7, 11) is -3.75. The number of aromatic nitrogens is 3. The molecule has 0 aliphatic carbocycles. The van der Waals surface area contributed by atoms with Crippen molar-refractivity contribution in [2.75, 3.05) is 0 Å². The molecule has 0 saturated heterocycles. The Kier molecular flexibility index (Phi) is 3.60. The molecule has 0 aromatic carbocycles. The predicted octanol–water partition coefficient (Wildman–Crippen LogP) is 0.905. The first-order valence-corrected chi connectivity index (χ1v) is 6.73. The van der Waals surface area contributed by atoms with Crippen molar-refractivity contribution in [2.24, 2.45) is 0 Å². The molecular weight excluding hydrogens is 280 g/mol. The molecule has 0 radical (unpaired) electrons. The first-order chi connectivity index (χ1) is 8.49. The molecule has 0 spiro atoms. The number of rotatable bonds is 4. The van der Waals surface area contributed by atoms with Gasteiger partial charge in [0.2, 0.25) is 15.9 Å². The van der Waals surface area contributed by atoms with Crippen LogP contribution >= 0.6 is 11.6 Å². The van der Waals surface area contributed by atoms with Crippen molar-refractivity contribution in [3.8, 4) is 0 Å². The van der Waals surface area contributed by atoms with E-state index >= 15 is 0 Å². The van der Waals surface area contributed by atoms with Crippen molar-refractivity contribution < 1.29 is 12.9 Å². The number of nitrogens with one attached hydrogen (secondary N) is 1. The highest BCUT2D eigenvalue weighted by Gasteiger charge is 2.18. The summed E-state index contributed by atoms with van der Waals surface area (Å²) >= 11 is 5.79. The predicted molar refractivity (Wildman–Crippen MR) is 62.3 cm³/mol. The second kappa shape index (κ2) is 5.01. The fraction of sp³-hybridized carbons (Fsp3) is 0.222. The Balaban J connectivity index is 2.16. The minimum Gasteiger partial charge on any atom is -0.340 e. The first-order valence-electron chi connectivity index (χ1n) is 4.87. The van der Waals surface area contributed by atoms with E-state index in [0.29, 0.717) is 5.89 Å². The summed E-state index contributed by atoms with van der Waals surface area (Å²) in [6, 6.07) is 1.40. The van der Waals surface area contributed by atoms with Gasteiger partial charge in [-0.15, -0.1) is 0 Å². The molecule has 7 nitrogen and oxygen atoms in total. The normalized spacial score (nSPS) is 11.7. The van der Waals surface area contributed by atoms with Gasteiger partial charge in [-0.25, -0.2) is 13.1 Å². The quantitative estimate of drug-likeness (QED) is 0.898. The van der Waals surface area contributed by atoms with Crippen molar-refractivity contribution in [1.29, 1.82) is 0 Å². The van der Waals surface area contributed by atoms with Crippen LogP contribution in [0.2, 0.25) is 5.02 Å². The van der Waals surface area contributed by atoms with E-state index in [0.717, 1.165) is 0 Å². The number of hydrogen-bond acceptors (Lipinski definition) is 6. The zero-order valence-electron chi connectivity index (χ0n) is 9.29. The fourth-order valence-electron chi connectivity index (χ4n) is 1.21. The van der Waals surface area contributed by atoms with Crippen molar-refractivity contribution in [2.45, 2.75) is 18.4 Å². The second-order valence-electron chi connectivity index (χ2n) is 3.36. The van der Waals surface area contributed by atoms with Crippen LogP contribution in [0.15, 0.2) is 27.9 Å². The summed E-state index contributed by atoms with van der Waals surface area (Å²) in [5.41, 5.74) is 0. The van der Waals surface area contributed by atoms with Crippen molar-refractivity contribution >= 4 is 21.6 Å². The molecule has 0 amide bonds. The molecule has 1 N–H and O–H groups in total. The number of aryl methyl sites for hydroxylation is 1. The van der Waals surface area contributed by atoms with Crippen LogP contribution in [0.25, 0.3) is 0 Å². The van der Waals surface area contributed by atoms with Crippen molar-refractivity contribution in [3.05, 3.63) is 35.2 Å². The third kappa shape index (κ3) is 2.84. The molecule has 0 saturated carbocycles. The lowest BCUT2D eigenvalue weighted by atomic mass is 10.5. The van der Waals surface area contributed by atoms with Crippen LogP contribution in [-0.4, -0.2) is 23.5 Å². The third-order valence-corrected chi connectivity index (χ3v) is 3.88. The summed E-state index contributed by atoms with van der Waals surface area (Å²) < 4.78 is 30.9. The highest BCUT2D eigenvalue weighted by molar-refractivity contribution is 7.89.